The van der Waals surface area contributed by atoms with Crippen LogP contribution in [-0.4, -0.2) is 20.6 Å². The average Bonchev–Trinajstić information content (AvgIpc) is 2.54. The Morgan fingerprint density at radius 1 is 0.958 bits per heavy atom. The van der Waals surface area contributed by atoms with Crippen LogP contribution in [0.1, 0.15) is 10.4 Å². The van der Waals surface area contributed by atoms with Crippen LogP contribution in [0.2, 0.25) is 0 Å². The summed E-state index contributed by atoms with van der Waals surface area (Å²) in [6.07, 6.45) is 1.10. The van der Waals surface area contributed by atoms with E-state index >= 15 is 0 Å². The molecule has 0 bridgehead atoms. The summed E-state index contributed by atoms with van der Waals surface area (Å²) in [6, 6.07) is 16.9. The molecule has 0 aliphatic carbocycles. The zero-order valence-corrected chi connectivity index (χ0v) is 15.1. The summed E-state index contributed by atoms with van der Waals surface area (Å²) in [5, 5.41) is 1.96. The smallest absolute Gasteiger partial charge is 0.343 e. The number of halogens is 1. The van der Waals surface area contributed by atoms with Crippen molar-refractivity contribution in [2.75, 3.05) is 6.26 Å². The normalized spacial score (nSPS) is 11.4. The van der Waals surface area contributed by atoms with Crippen molar-refractivity contribution in [3.05, 3.63) is 70.7 Å². The number of hydrogen-bond donors (Lipinski definition) is 0. The lowest BCUT2D eigenvalue weighted by atomic mass is 10.1. The highest BCUT2D eigenvalue weighted by Gasteiger charge is 2.13. The molecule has 3 aromatic rings. The fourth-order valence-electron chi connectivity index (χ4n) is 2.28. The van der Waals surface area contributed by atoms with E-state index in [-0.39, 0.29) is 10.5 Å². The van der Waals surface area contributed by atoms with E-state index in [9.17, 15) is 13.2 Å². The summed E-state index contributed by atoms with van der Waals surface area (Å²) in [4.78, 5) is 12.3. The van der Waals surface area contributed by atoms with E-state index in [1.54, 1.807) is 12.1 Å². The maximum atomic E-state index is 12.3. The number of hydrogen-bond acceptors (Lipinski definition) is 4. The molecular weight excluding hydrogens is 392 g/mol. The number of benzene rings is 3. The molecular formula is C18H13BrO4S. The minimum Gasteiger partial charge on any atom is -0.423 e. The van der Waals surface area contributed by atoms with E-state index in [0.29, 0.717) is 5.75 Å². The fourth-order valence-corrected chi connectivity index (χ4v) is 3.32. The highest BCUT2D eigenvalue weighted by atomic mass is 79.9. The Labute approximate surface area is 148 Å². The van der Waals surface area contributed by atoms with Crippen LogP contribution >= 0.6 is 15.9 Å². The van der Waals surface area contributed by atoms with E-state index < -0.39 is 15.8 Å². The van der Waals surface area contributed by atoms with Gasteiger partial charge in [0.1, 0.15) is 5.75 Å². The molecule has 4 nitrogen and oxygen atoms in total. The van der Waals surface area contributed by atoms with Crippen LogP contribution < -0.4 is 4.74 Å². The Hall–Kier alpha value is -2.18. The number of carbonyl (C=O) groups excluding carboxylic acids is 1. The number of sulfone groups is 1. The summed E-state index contributed by atoms with van der Waals surface area (Å²) < 4.78 is 29.5. The Kier molecular flexibility index (Phi) is 4.43. The SMILES string of the molecule is CS(=O)(=O)c1cccc(C(=O)Oc2ccc3cc(Br)ccc3c2)c1. The van der Waals surface area contributed by atoms with Crippen LogP contribution in [0.5, 0.6) is 5.75 Å². The second kappa shape index (κ2) is 6.37. The maximum absolute atomic E-state index is 12.3. The number of rotatable bonds is 3. The first-order chi connectivity index (χ1) is 11.3. The van der Waals surface area contributed by atoms with Crippen molar-refractivity contribution in [2.45, 2.75) is 4.90 Å². The molecule has 0 spiro atoms. The molecule has 0 unspecified atom stereocenters. The molecule has 0 aromatic heterocycles. The van der Waals surface area contributed by atoms with Gasteiger partial charge in [-0.3, -0.25) is 0 Å². The van der Waals surface area contributed by atoms with Gasteiger partial charge in [0, 0.05) is 10.7 Å². The minimum absolute atomic E-state index is 0.0836. The molecule has 0 N–H and O–H groups in total. The molecule has 3 rings (SSSR count). The van der Waals surface area contributed by atoms with Gasteiger partial charge in [-0.25, -0.2) is 13.2 Å². The first kappa shape index (κ1) is 16.7. The first-order valence-electron chi connectivity index (χ1n) is 7.04. The lowest BCUT2D eigenvalue weighted by molar-refractivity contribution is 0.0734. The topological polar surface area (TPSA) is 60.4 Å². The highest BCUT2D eigenvalue weighted by Crippen LogP contribution is 2.25. The quantitative estimate of drug-likeness (QED) is 0.484. The predicted molar refractivity (Wildman–Crippen MR) is 96.2 cm³/mol. The van der Waals surface area contributed by atoms with Crippen molar-refractivity contribution in [3.8, 4) is 5.75 Å². The van der Waals surface area contributed by atoms with Crippen LogP contribution in [0, 0.1) is 0 Å². The number of fused-ring (bicyclic) bond motifs is 1. The van der Waals surface area contributed by atoms with Gasteiger partial charge in [0.05, 0.1) is 10.5 Å². The molecule has 6 heteroatoms. The zero-order chi connectivity index (χ0) is 17.3. The summed E-state index contributed by atoms with van der Waals surface area (Å²) in [7, 11) is -3.38. The monoisotopic (exact) mass is 404 g/mol. The summed E-state index contributed by atoms with van der Waals surface area (Å²) in [5.41, 5.74) is 0.189. The van der Waals surface area contributed by atoms with Gasteiger partial charge < -0.3 is 4.74 Å². The van der Waals surface area contributed by atoms with E-state index in [1.807, 2.05) is 24.3 Å². The van der Waals surface area contributed by atoms with E-state index in [2.05, 4.69) is 15.9 Å². The third-order valence-electron chi connectivity index (χ3n) is 3.48. The second-order valence-corrected chi connectivity index (χ2v) is 8.27. The fraction of sp³-hybridized carbons (Fsp3) is 0.0556. The number of esters is 1. The summed E-state index contributed by atoms with van der Waals surface area (Å²) in [6.45, 7) is 0. The van der Waals surface area contributed by atoms with Crippen molar-refractivity contribution in [1.29, 1.82) is 0 Å². The molecule has 0 radical (unpaired) electrons. The molecule has 0 saturated heterocycles. The molecule has 122 valence electrons. The van der Waals surface area contributed by atoms with Crippen LogP contribution in [-0.2, 0) is 9.84 Å². The van der Waals surface area contributed by atoms with Crippen molar-refractivity contribution in [1.82, 2.24) is 0 Å². The summed E-state index contributed by atoms with van der Waals surface area (Å²) >= 11 is 3.41. The van der Waals surface area contributed by atoms with Crippen LogP contribution in [0.4, 0.5) is 0 Å². The van der Waals surface area contributed by atoms with Gasteiger partial charge in [0.25, 0.3) is 0 Å². The maximum Gasteiger partial charge on any atom is 0.343 e. The number of ether oxygens (including phenoxy) is 1. The van der Waals surface area contributed by atoms with Crippen LogP contribution in [0.25, 0.3) is 10.8 Å². The minimum atomic E-state index is -3.38. The van der Waals surface area contributed by atoms with Gasteiger partial charge in [-0.1, -0.05) is 34.1 Å². The van der Waals surface area contributed by atoms with E-state index in [1.165, 1.54) is 24.3 Å². The molecule has 3 aromatic carbocycles. The Balaban J connectivity index is 1.88. The first-order valence-corrected chi connectivity index (χ1v) is 9.73. The molecule has 0 aliphatic rings. The molecule has 24 heavy (non-hydrogen) atoms. The third-order valence-corrected chi connectivity index (χ3v) is 5.09. The van der Waals surface area contributed by atoms with Gasteiger partial charge in [-0.2, -0.15) is 0 Å². The standard InChI is InChI=1S/C18H13BrO4S/c1-24(21,22)17-4-2-3-14(11-17)18(20)23-16-8-6-12-9-15(19)7-5-13(12)10-16/h2-11H,1H3. The molecule has 0 fully saturated rings. The van der Waals surface area contributed by atoms with Crippen LogP contribution in [0.15, 0.2) is 70.0 Å². The van der Waals surface area contributed by atoms with Crippen molar-refractivity contribution in [3.63, 3.8) is 0 Å². The average molecular weight is 405 g/mol. The second-order valence-electron chi connectivity index (χ2n) is 5.34. The van der Waals surface area contributed by atoms with Gasteiger partial charge in [0.2, 0.25) is 0 Å². The third kappa shape index (κ3) is 3.66. The lowest BCUT2D eigenvalue weighted by Crippen LogP contribution is -2.09. The Morgan fingerprint density at radius 3 is 2.42 bits per heavy atom. The zero-order valence-electron chi connectivity index (χ0n) is 12.7. The Morgan fingerprint density at radius 2 is 1.67 bits per heavy atom. The molecule has 0 amide bonds. The molecule has 0 aliphatic heterocycles. The van der Waals surface area contributed by atoms with Crippen molar-refractivity contribution < 1.29 is 17.9 Å². The summed E-state index contributed by atoms with van der Waals surface area (Å²) in [5.74, 6) is -0.198. The van der Waals surface area contributed by atoms with Crippen molar-refractivity contribution >= 4 is 42.5 Å². The predicted octanol–water partition coefficient (Wildman–Crippen LogP) is 4.23. The lowest BCUT2D eigenvalue weighted by Gasteiger charge is -2.07. The van der Waals surface area contributed by atoms with Gasteiger partial charge in [0.15, 0.2) is 9.84 Å². The van der Waals surface area contributed by atoms with E-state index in [0.717, 1.165) is 21.5 Å². The highest BCUT2D eigenvalue weighted by molar-refractivity contribution is 9.10. The van der Waals surface area contributed by atoms with Crippen LogP contribution in [0.3, 0.4) is 0 Å². The molecule has 0 heterocycles. The van der Waals surface area contributed by atoms with Gasteiger partial charge in [-0.15, -0.1) is 0 Å². The largest absolute Gasteiger partial charge is 0.423 e. The van der Waals surface area contributed by atoms with Gasteiger partial charge >= 0.3 is 5.97 Å². The van der Waals surface area contributed by atoms with Gasteiger partial charge in [-0.05, 0) is 53.2 Å². The van der Waals surface area contributed by atoms with E-state index in [4.69, 9.17) is 4.74 Å². The molecule has 0 atom stereocenters. The number of carbonyl (C=O) groups is 1. The Bertz CT molecular complexity index is 1040. The molecule has 0 saturated carbocycles. The van der Waals surface area contributed by atoms with Crippen molar-refractivity contribution in [2.24, 2.45) is 0 Å².